The lowest BCUT2D eigenvalue weighted by atomic mass is 10.1. The number of nitrogens with one attached hydrogen (secondary N) is 1. The highest BCUT2D eigenvalue weighted by Gasteiger charge is 2.13. The lowest BCUT2D eigenvalue weighted by Gasteiger charge is -2.12. The highest BCUT2D eigenvalue weighted by atomic mass is 19.1. The van der Waals surface area contributed by atoms with Gasteiger partial charge >= 0.3 is 0 Å². The van der Waals surface area contributed by atoms with E-state index in [4.69, 9.17) is 9.47 Å². The Morgan fingerprint density at radius 3 is 2.55 bits per heavy atom. The van der Waals surface area contributed by atoms with Crippen molar-refractivity contribution in [2.24, 2.45) is 0 Å². The first kappa shape index (κ1) is 20.0. The van der Waals surface area contributed by atoms with E-state index >= 15 is 0 Å². The minimum atomic E-state index is -0.921. The number of benzene rings is 2. The molecule has 2 aromatic carbocycles. The second kappa shape index (κ2) is 8.51. The first-order valence-corrected chi connectivity index (χ1v) is 8.46. The van der Waals surface area contributed by atoms with Crippen LogP contribution in [0.4, 0.5) is 14.5 Å². The van der Waals surface area contributed by atoms with Gasteiger partial charge in [-0.05, 0) is 30.3 Å². The van der Waals surface area contributed by atoms with Gasteiger partial charge in [0.05, 0.1) is 25.6 Å². The third-order valence-electron chi connectivity index (χ3n) is 4.05. The predicted octanol–water partition coefficient (Wildman–Crippen LogP) is 2.84. The lowest BCUT2D eigenvalue weighted by molar-refractivity contribution is -0.117. The van der Waals surface area contributed by atoms with E-state index in [9.17, 15) is 18.4 Å². The molecule has 1 heterocycles. The van der Waals surface area contributed by atoms with Gasteiger partial charge < -0.3 is 14.8 Å². The van der Waals surface area contributed by atoms with Crippen LogP contribution in [0.2, 0.25) is 0 Å². The van der Waals surface area contributed by atoms with Crippen LogP contribution in [0, 0.1) is 11.6 Å². The molecule has 0 fully saturated rings. The van der Waals surface area contributed by atoms with E-state index in [2.05, 4.69) is 10.4 Å². The third-order valence-corrected chi connectivity index (χ3v) is 4.05. The summed E-state index contributed by atoms with van der Waals surface area (Å²) in [5.41, 5.74) is 0.269. The summed E-state index contributed by atoms with van der Waals surface area (Å²) in [4.78, 5) is 24.3. The van der Waals surface area contributed by atoms with Gasteiger partial charge in [0.25, 0.3) is 5.56 Å². The number of carbonyl (C=O) groups is 1. The predicted molar refractivity (Wildman–Crippen MR) is 102 cm³/mol. The maximum atomic E-state index is 13.7. The molecule has 3 aromatic rings. The van der Waals surface area contributed by atoms with E-state index in [1.54, 1.807) is 18.2 Å². The summed E-state index contributed by atoms with van der Waals surface area (Å²) in [6.45, 7) is -0.456. The Labute approximate surface area is 164 Å². The first-order chi connectivity index (χ1) is 13.9. The Hall–Kier alpha value is -3.75. The second-order valence-electron chi connectivity index (χ2n) is 5.95. The molecular weight excluding hydrogens is 384 g/mol. The summed E-state index contributed by atoms with van der Waals surface area (Å²) < 4.78 is 38.1. The minimum Gasteiger partial charge on any atom is -0.497 e. The van der Waals surface area contributed by atoms with Crippen molar-refractivity contribution in [2.45, 2.75) is 6.54 Å². The molecule has 29 heavy (non-hydrogen) atoms. The molecule has 0 unspecified atom stereocenters. The van der Waals surface area contributed by atoms with Crippen LogP contribution < -0.4 is 20.3 Å². The topological polar surface area (TPSA) is 82.5 Å². The highest BCUT2D eigenvalue weighted by Crippen LogP contribution is 2.31. The molecule has 0 saturated heterocycles. The number of aromatic nitrogens is 2. The fourth-order valence-corrected chi connectivity index (χ4v) is 2.63. The standard InChI is InChI=1S/C20H17F2N3O4/c1-28-13-4-5-14(18(10-13)29-2)16-7-8-20(27)25(24-16)11-19(26)23-17-6-3-12(21)9-15(17)22/h3-10H,11H2,1-2H3,(H,23,26). The molecule has 7 nitrogen and oxygen atoms in total. The van der Waals surface area contributed by atoms with Crippen LogP contribution >= 0.6 is 0 Å². The van der Waals surface area contributed by atoms with Gasteiger partial charge in [0.2, 0.25) is 5.91 Å². The molecular formula is C20H17F2N3O4. The summed E-state index contributed by atoms with van der Waals surface area (Å²) in [5.74, 6) is -1.32. The number of nitrogens with zero attached hydrogens (tertiary/aromatic N) is 2. The monoisotopic (exact) mass is 401 g/mol. The zero-order chi connectivity index (χ0) is 21.0. The van der Waals surface area contributed by atoms with E-state index in [0.29, 0.717) is 28.8 Å². The number of hydrogen-bond donors (Lipinski definition) is 1. The number of hydrogen-bond acceptors (Lipinski definition) is 5. The Kier molecular flexibility index (Phi) is 5.87. The largest absolute Gasteiger partial charge is 0.497 e. The molecule has 3 rings (SSSR count). The summed E-state index contributed by atoms with van der Waals surface area (Å²) in [6.07, 6.45) is 0. The van der Waals surface area contributed by atoms with Gasteiger partial charge in [0.15, 0.2) is 0 Å². The van der Waals surface area contributed by atoms with E-state index in [-0.39, 0.29) is 5.69 Å². The number of anilines is 1. The molecule has 1 aromatic heterocycles. The van der Waals surface area contributed by atoms with Crippen molar-refractivity contribution in [1.29, 1.82) is 0 Å². The molecule has 1 N–H and O–H groups in total. The molecule has 0 aliphatic heterocycles. The number of amides is 1. The average molecular weight is 401 g/mol. The Balaban J connectivity index is 1.86. The van der Waals surface area contributed by atoms with Crippen molar-refractivity contribution in [3.63, 3.8) is 0 Å². The fraction of sp³-hybridized carbons (Fsp3) is 0.150. The van der Waals surface area contributed by atoms with Gasteiger partial charge in [-0.2, -0.15) is 5.10 Å². The molecule has 9 heteroatoms. The smallest absolute Gasteiger partial charge is 0.267 e. The van der Waals surface area contributed by atoms with Crippen LogP contribution in [-0.4, -0.2) is 29.9 Å². The van der Waals surface area contributed by atoms with Gasteiger partial charge in [0, 0.05) is 23.8 Å². The molecule has 0 radical (unpaired) electrons. The van der Waals surface area contributed by atoms with E-state index in [0.717, 1.165) is 16.8 Å². The van der Waals surface area contributed by atoms with Gasteiger partial charge in [-0.25, -0.2) is 13.5 Å². The second-order valence-corrected chi connectivity index (χ2v) is 5.95. The van der Waals surface area contributed by atoms with Gasteiger partial charge in [-0.15, -0.1) is 0 Å². The van der Waals surface area contributed by atoms with Crippen LogP contribution in [0.3, 0.4) is 0 Å². The van der Waals surface area contributed by atoms with Crippen molar-refractivity contribution < 1.29 is 23.0 Å². The van der Waals surface area contributed by atoms with Crippen molar-refractivity contribution in [2.75, 3.05) is 19.5 Å². The summed E-state index contributed by atoms with van der Waals surface area (Å²) in [6, 6.07) is 10.6. The third kappa shape index (κ3) is 4.57. The summed E-state index contributed by atoms with van der Waals surface area (Å²) in [7, 11) is 3.01. The van der Waals surface area contributed by atoms with Crippen LogP contribution in [0.15, 0.2) is 53.3 Å². The Morgan fingerprint density at radius 2 is 1.86 bits per heavy atom. The van der Waals surface area contributed by atoms with Crippen LogP contribution in [0.5, 0.6) is 11.5 Å². The molecule has 0 aliphatic carbocycles. The Morgan fingerprint density at radius 1 is 1.07 bits per heavy atom. The fourth-order valence-electron chi connectivity index (χ4n) is 2.63. The molecule has 0 bridgehead atoms. The Bertz CT molecular complexity index is 1120. The highest BCUT2D eigenvalue weighted by molar-refractivity contribution is 5.90. The maximum absolute atomic E-state index is 13.7. The summed E-state index contributed by atoms with van der Waals surface area (Å²) >= 11 is 0. The molecule has 150 valence electrons. The molecule has 0 aliphatic rings. The zero-order valence-electron chi connectivity index (χ0n) is 15.6. The summed E-state index contributed by atoms with van der Waals surface area (Å²) in [5, 5.41) is 6.48. The molecule has 1 amide bonds. The zero-order valence-corrected chi connectivity index (χ0v) is 15.6. The SMILES string of the molecule is COc1ccc(-c2ccc(=O)n(CC(=O)Nc3ccc(F)cc3F)n2)c(OC)c1. The number of rotatable bonds is 6. The normalized spacial score (nSPS) is 10.5. The van der Waals surface area contributed by atoms with Crippen LogP contribution in [0.25, 0.3) is 11.3 Å². The molecule has 0 saturated carbocycles. The average Bonchev–Trinajstić information content (AvgIpc) is 2.71. The van der Waals surface area contributed by atoms with Crippen molar-refractivity contribution in [1.82, 2.24) is 9.78 Å². The number of halogens is 2. The van der Waals surface area contributed by atoms with Crippen molar-refractivity contribution in [3.8, 4) is 22.8 Å². The van der Waals surface area contributed by atoms with E-state index in [1.807, 2.05) is 0 Å². The van der Waals surface area contributed by atoms with Crippen molar-refractivity contribution in [3.05, 3.63) is 70.5 Å². The van der Waals surface area contributed by atoms with Gasteiger partial charge in [0.1, 0.15) is 29.7 Å². The van der Waals surface area contributed by atoms with E-state index < -0.39 is 29.6 Å². The van der Waals surface area contributed by atoms with E-state index in [1.165, 1.54) is 26.4 Å². The minimum absolute atomic E-state index is 0.197. The van der Waals surface area contributed by atoms with Crippen LogP contribution in [0.1, 0.15) is 0 Å². The molecule has 0 spiro atoms. The quantitative estimate of drug-likeness (QED) is 0.687. The maximum Gasteiger partial charge on any atom is 0.267 e. The lowest BCUT2D eigenvalue weighted by Crippen LogP contribution is -2.29. The van der Waals surface area contributed by atoms with Gasteiger partial charge in [-0.3, -0.25) is 9.59 Å². The first-order valence-electron chi connectivity index (χ1n) is 8.46. The number of carbonyl (C=O) groups excluding carboxylic acids is 1. The number of methoxy groups -OCH3 is 2. The van der Waals surface area contributed by atoms with Crippen LogP contribution in [-0.2, 0) is 11.3 Å². The van der Waals surface area contributed by atoms with Gasteiger partial charge in [-0.1, -0.05) is 0 Å². The molecule has 0 atom stereocenters. The van der Waals surface area contributed by atoms with Crippen molar-refractivity contribution >= 4 is 11.6 Å². The number of ether oxygens (including phenoxy) is 2.